The monoisotopic (exact) mass is 422 g/mol. The minimum Gasteiger partial charge on any atom is -0.336 e. The second-order valence-corrected chi connectivity index (χ2v) is 7.71. The number of carbonyl (C=O) groups excluding carboxylic acids is 2. The third-order valence-electron chi connectivity index (χ3n) is 5.41. The van der Waals surface area contributed by atoms with Crippen LogP contribution in [0, 0.1) is 25.6 Å². The van der Waals surface area contributed by atoms with Crippen LogP contribution in [0.3, 0.4) is 0 Å². The number of rotatable bonds is 4. The molecule has 3 heterocycles. The SMILES string of the molecule is Cc1ccc(NC(=O)C2CCCN(C(=O)c3nnn(-c4ccc(F)cc4)c3C)C2)nc1. The van der Waals surface area contributed by atoms with E-state index in [-0.39, 0.29) is 29.2 Å². The molecule has 0 bridgehead atoms. The molecule has 1 atom stereocenters. The first-order valence-corrected chi connectivity index (χ1v) is 10.1. The highest BCUT2D eigenvalue weighted by Gasteiger charge is 2.31. The molecule has 0 spiro atoms. The summed E-state index contributed by atoms with van der Waals surface area (Å²) in [5.74, 6) is -0.598. The number of pyridine rings is 1. The van der Waals surface area contributed by atoms with Gasteiger partial charge in [0.15, 0.2) is 5.69 Å². The Labute approximate surface area is 179 Å². The first kappa shape index (κ1) is 20.6. The molecule has 1 saturated heterocycles. The number of carbonyl (C=O) groups is 2. The molecule has 8 nitrogen and oxygen atoms in total. The highest BCUT2D eigenvalue weighted by atomic mass is 19.1. The largest absolute Gasteiger partial charge is 0.336 e. The Morgan fingerprint density at radius 1 is 1.13 bits per heavy atom. The average Bonchev–Trinajstić information content (AvgIpc) is 3.16. The predicted molar refractivity (Wildman–Crippen MR) is 112 cm³/mol. The van der Waals surface area contributed by atoms with E-state index in [1.807, 2.05) is 13.0 Å². The van der Waals surface area contributed by atoms with Gasteiger partial charge < -0.3 is 10.2 Å². The van der Waals surface area contributed by atoms with Crippen LogP contribution in [-0.4, -0.2) is 49.8 Å². The van der Waals surface area contributed by atoms with Crippen molar-refractivity contribution in [3.8, 4) is 5.69 Å². The van der Waals surface area contributed by atoms with Crippen LogP contribution in [0.5, 0.6) is 0 Å². The second kappa shape index (κ2) is 8.63. The van der Waals surface area contributed by atoms with E-state index in [0.29, 0.717) is 36.7 Å². The van der Waals surface area contributed by atoms with Crippen LogP contribution in [0.15, 0.2) is 42.6 Å². The molecule has 3 aromatic rings. The van der Waals surface area contributed by atoms with Gasteiger partial charge in [-0.05, 0) is 62.6 Å². The fourth-order valence-electron chi connectivity index (χ4n) is 3.65. The average molecular weight is 422 g/mol. The van der Waals surface area contributed by atoms with E-state index in [4.69, 9.17) is 0 Å². The minimum absolute atomic E-state index is 0.152. The molecule has 2 aromatic heterocycles. The Hall–Kier alpha value is -3.62. The van der Waals surface area contributed by atoms with Gasteiger partial charge in [-0.25, -0.2) is 14.1 Å². The molecule has 1 aliphatic heterocycles. The number of hydrogen-bond donors (Lipinski definition) is 1. The molecule has 0 radical (unpaired) electrons. The van der Waals surface area contributed by atoms with E-state index in [1.165, 1.54) is 16.8 Å². The summed E-state index contributed by atoms with van der Waals surface area (Å²) < 4.78 is 14.7. The number of nitrogens with one attached hydrogen (secondary N) is 1. The van der Waals surface area contributed by atoms with Crippen LogP contribution in [0.4, 0.5) is 10.2 Å². The molecule has 1 unspecified atom stereocenters. The number of aryl methyl sites for hydroxylation is 1. The van der Waals surface area contributed by atoms with Crippen LogP contribution in [0.1, 0.15) is 34.6 Å². The number of piperidine rings is 1. The van der Waals surface area contributed by atoms with E-state index >= 15 is 0 Å². The number of aromatic nitrogens is 4. The predicted octanol–water partition coefficient (Wildman–Crippen LogP) is 2.91. The van der Waals surface area contributed by atoms with Crippen molar-refractivity contribution in [3.05, 3.63) is 65.4 Å². The maximum atomic E-state index is 13.2. The van der Waals surface area contributed by atoms with Gasteiger partial charge in [-0.2, -0.15) is 0 Å². The van der Waals surface area contributed by atoms with Gasteiger partial charge in [0.2, 0.25) is 5.91 Å². The van der Waals surface area contributed by atoms with Crippen LogP contribution < -0.4 is 5.32 Å². The maximum absolute atomic E-state index is 13.2. The molecule has 1 N–H and O–H groups in total. The number of anilines is 1. The van der Waals surface area contributed by atoms with Gasteiger partial charge in [0.1, 0.15) is 11.6 Å². The van der Waals surface area contributed by atoms with E-state index in [0.717, 1.165) is 12.0 Å². The van der Waals surface area contributed by atoms with Crippen molar-refractivity contribution in [3.63, 3.8) is 0 Å². The lowest BCUT2D eigenvalue weighted by Gasteiger charge is -2.31. The summed E-state index contributed by atoms with van der Waals surface area (Å²) in [5.41, 5.74) is 2.42. The van der Waals surface area contributed by atoms with Crippen molar-refractivity contribution in [1.82, 2.24) is 24.9 Å². The van der Waals surface area contributed by atoms with Gasteiger partial charge in [-0.3, -0.25) is 9.59 Å². The number of nitrogens with zero attached hydrogens (tertiary/aromatic N) is 5. The van der Waals surface area contributed by atoms with E-state index in [2.05, 4.69) is 20.6 Å². The molecular weight excluding hydrogens is 399 g/mol. The molecule has 31 heavy (non-hydrogen) atoms. The van der Waals surface area contributed by atoms with Gasteiger partial charge >= 0.3 is 0 Å². The lowest BCUT2D eigenvalue weighted by atomic mass is 9.96. The van der Waals surface area contributed by atoms with E-state index in [9.17, 15) is 14.0 Å². The van der Waals surface area contributed by atoms with Gasteiger partial charge in [0.25, 0.3) is 5.91 Å². The van der Waals surface area contributed by atoms with Gasteiger partial charge in [0.05, 0.1) is 17.3 Å². The Bertz CT molecular complexity index is 1090. The zero-order valence-corrected chi connectivity index (χ0v) is 17.4. The number of halogens is 1. The topological polar surface area (TPSA) is 93.0 Å². The lowest BCUT2D eigenvalue weighted by Crippen LogP contribution is -2.44. The minimum atomic E-state index is -0.351. The quantitative estimate of drug-likeness (QED) is 0.698. The van der Waals surface area contributed by atoms with Gasteiger partial charge in [-0.15, -0.1) is 5.10 Å². The van der Waals surface area contributed by atoms with E-state index in [1.54, 1.807) is 36.2 Å². The zero-order valence-electron chi connectivity index (χ0n) is 17.4. The molecule has 0 aliphatic carbocycles. The molecule has 1 aliphatic rings. The van der Waals surface area contributed by atoms with Crippen molar-refractivity contribution in [1.29, 1.82) is 0 Å². The van der Waals surface area contributed by atoms with Crippen LogP contribution in [0.2, 0.25) is 0 Å². The third-order valence-corrected chi connectivity index (χ3v) is 5.41. The number of amides is 2. The van der Waals surface area contributed by atoms with Crippen LogP contribution >= 0.6 is 0 Å². The summed E-state index contributed by atoms with van der Waals surface area (Å²) in [6.45, 7) is 4.53. The standard InChI is InChI=1S/C22H23FN6O2/c1-14-5-10-19(24-12-14)25-21(30)16-4-3-11-28(13-16)22(31)20-15(2)29(27-26-20)18-8-6-17(23)7-9-18/h5-10,12,16H,3-4,11,13H2,1-2H3,(H,24,25,30). The molecule has 4 rings (SSSR count). The molecule has 1 aromatic carbocycles. The fourth-order valence-corrected chi connectivity index (χ4v) is 3.65. The second-order valence-electron chi connectivity index (χ2n) is 7.71. The first-order valence-electron chi connectivity index (χ1n) is 10.1. The summed E-state index contributed by atoms with van der Waals surface area (Å²) in [4.78, 5) is 31.6. The van der Waals surface area contributed by atoms with Crippen molar-refractivity contribution in [2.75, 3.05) is 18.4 Å². The Kier molecular flexibility index (Phi) is 5.75. The number of likely N-dealkylation sites (tertiary alicyclic amines) is 1. The third kappa shape index (κ3) is 4.45. The fraction of sp³-hybridized carbons (Fsp3) is 0.318. The van der Waals surface area contributed by atoms with Gasteiger partial charge in [0, 0.05) is 19.3 Å². The lowest BCUT2D eigenvalue weighted by molar-refractivity contribution is -0.121. The highest BCUT2D eigenvalue weighted by molar-refractivity contribution is 5.95. The molecule has 9 heteroatoms. The van der Waals surface area contributed by atoms with Crippen molar-refractivity contribution < 1.29 is 14.0 Å². The summed E-state index contributed by atoms with van der Waals surface area (Å²) in [6.07, 6.45) is 3.11. The molecular formula is C22H23FN6O2. The van der Waals surface area contributed by atoms with E-state index < -0.39 is 0 Å². The maximum Gasteiger partial charge on any atom is 0.276 e. The molecule has 0 saturated carbocycles. The smallest absolute Gasteiger partial charge is 0.276 e. The molecule has 1 fully saturated rings. The van der Waals surface area contributed by atoms with Gasteiger partial charge in [-0.1, -0.05) is 11.3 Å². The normalized spacial score (nSPS) is 16.2. The Balaban J connectivity index is 1.46. The van der Waals surface area contributed by atoms with Crippen molar-refractivity contribution in [2.24, 2.45) is 5.92 Å². The van der Waals surface area contributed by atoms with Crippen LogP contribution in [-0.2, 0) is 4.79 Å². The molecule has 160 valence electrons. The summed E-state index contributed by atoms with van der Waals surface area (Å²) in [5, 5.41) is 10.9. The Morgan fingerprint density at radius 3 is 2.61 bits per heavy atom. The summed E-state index contributed by atoms with van der Waals surface area (Å²) >= 11 is 0. The number of benzene rings is 1. The first-order chi connectivity index (χ1) is 14.9. The van der Waals surface area contributed by atoms with Crippen molar-refractivity contribution >= 4 is 17.6 Å². The Morgan fingerprint density at radius 2 is 1.90 bits per heavy atom. The highest BCUT2D eigenvalue weighted by Crippen LogP contribution is 2.21. The van der Waals surface area contributed by atoms with Crippen LogP contribution in [0.25, 0.3) is 5.69 Å². The van der Waals surface area contributed by atoms with Crippen molar-refractivity contribution in [2.45, 2.75) is 26.7 Å². The zero-order chi connectivity index (χ0) is 22.0. The summed E-state index contributed by atoms with van der Waals surface area (Å²) in [7, 11) is 0. The summed E-state index contributed by atoms with van der Waals surface area (Å²) in [6, 6.07) is 9.45. The molecule has 2 amide bonds. The number of hydrogen-bond acceptors (Lipinski definition) is 5.